The number of aromatic nitrogens is 3. The largest absolute Gasteiger partial charge is 0.356 e. The number of hydrogen-bond acceptors (Lipinski definition) is 5. The van der Waals surface area contributed by atoms with Gasteiger partial charge >= 0.3 is 0 Å². The van der Waals surface area contributed by atoms with Crippen molar-refractivity contribution in [2.75, 3.05) is 52.4 Å². The van der Waals surface area contributed by atoms with Gasteiger partial charge in [-0.05, 0) is 70.7 Å². The summed E-state index contributed by atoms with van der Waals surface area (Å²) in [5.41, 5.74) is 0. The third kappa shape index (κ3) is 8.78. The molecule has 0 aromatic carbocycles. The second-order valence-corrected chi connectivity index (χ2v) is 9.14. The van der Waals surface area contributed by atoms with E-state index in [1.54, 1.807) is 0 Å². The monoisotopic (exact) mass is 560 g/mol. The Labute approximate surface area is 212 Å². The van der Waals surface area contributed by atoms with Crippen LogP contribution in [0.1, 0.15) is 58.7 Å². The molecule has 1 aromatic rings. The third-order valence-electron chi connectivity index (χ3n) is 6.84. The molecule has 1 atom stereocenters. The molecule has 2 saturated heterocycles. The second kappa shape index (κ2) is 15.1. The molecule has 0 bridgehead atoms. The van der Waals surface area contributed by atoms with Gasteiger partial charge in [0.15, 0.2) is 5.96 Å². The van der Waals surface area contributed by atoms with Crippen molar-refractivity contribution in [2.45, 2.75) is 71.9 Å². The van der Waals surface area contributed by atoms with E-state index in [4.69, 9.17) is 4.99 Å². The molecule has 1 aromatic heterocycles. The maximum absolute atomic E-state index is 4.96. The Kier molecular flexibility index (Phi) is 12.8. The van der Waals surface area contributed by atoms with Gasteiger partial charge in [0, 0.05) is 32.1 Å². The Morgan fingerprint density at radius 3 is 2.62 bits per heavy atom. The lowest BCUT2D eigenvalue weighted by molar-refractivity contribution is 0.191. The Morgan fingerprint density at radius 2 is 1.88 bits per heavy atom. The smallest absolute Gasteiger partial charge is 0.191 e. The Morgan fingerprint density at radius 1 is 1.09 bits per heavy atom. The minimum absolute atomic E-state index is 0. The van der Waals surface area contributed by atoms with Gasteiger partial charge < -0.3 is 20.1 Å². The molecule has 0 aliphatic carbocycles. The molecule has 3 heterocycles. The van der Waals surface area contributed by atoms with Crippen molar-refractivity contribution in [3.8, 4) is 0 Å². The number of guanidine groups is 1. The van der Waals surface area contributed by atoms with Crippen LogP contribution in [0.2, 0.25) is 0 Å². The predicted molar refractivity (Wildman–Crippen MR) is 143 cm³/mol. The lowest BCUT2D eigenvalue weighted by Gasteiger charge is -2.30. The molecule has 8 nitrogen and oxygen atoms in total. The maximum Gasteiger partial charge on any atom is 0.191 e. The molecule has 3 rings (SSSR count). The zero-order valence-corrected chi connectivity index (χ0v) is 22.8. The van der Waals surface area contributed by atoms with Crippen LogP contribution in [0.3, 0.4) is 0 Å². The van der Waals surface area contributed by atoms with Crippen LogP contribution in [0.25, 0.3) is 0 Å². The van der Waals surface area contributed by atoms with E-state index in [0.29, 0.717) is 6.04 Å². The highest BCUT2D eigenvalue weighted by atomic mass is 127. The maximum atomic E-state index is 4.96. The molecular formula is C23H45IN8. The molecule has 0 amide bonds. The van der Waals surface area contributed by atoms with Crippen LogP contribution in [-0.4, -0.2) is 88.9 Å². The molecular weight excluding hydrogens is 515 g/mol. The van der Waals surface area contributed by atoms with Gasteiger partial charge in [-0.2, -0.15) is 0 Å². The fourth-order valence-electron chi connectivity index (χ4n) is 4.72. The summed E-state index contributed by atoms with van der Waals surface area (Å²) < 4.78 is 2.12. The van der Waals surface area contributed by atoms with Crippen LogP contribution in [0.4, 0.5) is 0 Å². The minimum atomic E-state index is 0. The summed E-state index contributed by atoms with van der Waals surface area (Å²) in [6.07, 6.45) is 9.14. The van der Waals surface area contributed by atoms with Crippen molar-refractivity contribution in [1.29, 1.82) is 0 Å². The first kappa shape index (κ1) is 27.3. The van der Waals surface area contributed by atoms with Crippen LogP contribution >= 0.6 is 24.0 Å². The van der Waals surface area contributed by atoms with Crippen molar-refractivity contribution in [2.24, 2.45) is 10.9 Å². The molecule has 2 N–H and O–H groups in total. The van der Waals surface area contributed by atoms with E-state index in [1.807, 2.05) is 6.33 Å². The van der Waals surface area contributed by atoms with E-state index in [0.717, 1.165) is 63.3 Å². The van der Waals surface area contributed by atoms with Crippen molar-refractivity contribution in [1.82, 2.24) is 35.2 Å². The average Bonchev–Trinajstić information content (AvgIpc) is 3.44. The number of aliphatic imine (C=N–C) groups is 1. The molecule has 9 heteroatoms. The summed E-state index contributed by atoms with van der Waals surface area (Å²) >= 11 is 0. The number of likely N-dealkylation sites (N-methyl/N-ethyl adjacent to an activating group) is 1. The number of nitrogens with one attached hydrogen (secondary N) is 2. The normalized spacial score (nSPS) is 21.0. The summed E-state index contributed by atoms with van der Waals surface area (Å²) in [6.45, 7) is 16.3. The summed E-state index contributed by atoms with van der Waals surface area (Å²) in [7, 11) is 0. The van der Waals surface area contributed by atoms with Gasteiger partial charge in [-0.15, -0.1) is 34.2 Å². The quantitative estimate of drug-likeness (QED) is 0.188. The summed E-state index contributed by atoms with van der Waals surface area (Å²) in [5, 5.41) is 15.3. The van der Waals surface area contributed by atoms with Crippen molar-refractivity contribution >= 4 is 29.9 Å². The lowest BCUT2D eigenvalue weighted by Crippen LogP contribution is -2.42. The summed E-state index contributed by atoms with van der Waals surface area (Å²) in [6, 6.07) is 0.587. The number of likely N-dealkylation sites (tertiary alicyclic amines) is 2. The molecule has 2 aliphatic heterocycles. The fourth-order valence-corrected chi connectivity index (χ4v) is 4.72. The number of piperidine rings is 1. The first-order valence-electron chi connectivity index (χ1n) is 12.5. The Hall–Kier alpha value is -0.940. The second-order valence-electron chi connectivity index (χ2n) is 9.14. The highest BCUT2D eigenvalue weighted by Gasteiger charge is 2.22. The summed E-state index contributed by atoms with van der Waals surface area (Å²) in [4.78, 5) is 10.1. The molecule has 0 saturated carbocycles. The van der Waals surface area contributed by atoms with E-state index in [-0.39, 0.29) is 24.0 Å². The lowest BCUT2D eigenvalue weighted by atomic mass is 9.99. The van der Waals surface area contributed by atoms with Gasteiger partial charge in [0.05, 0.1) is 6.54 Å². The van der Waals surface area contributed by atoms with Crippen LogP contribution in [0, 0.1) is 5.92 Å². The number of hydrogen-bond donors (Lipinski definition) is 2. The number of aryl methyl sites for hydroxylation is 1. The molecule has 2 aliphatic rings. The predicted octanol–water partition coefficient (Wildman–Crippen LogP) is 2.60. The van der Waals surface area contributed by atoms with Crippen molar-refractivity contribution in [3.05, 3.63) is 12.2 Å². The van der Waals surface area contributed by atoms with E-state index >= 15 is 0 Å². The molecule has 2 fully saturated rings. The fraction of sp³-hybridized carbons (Fsp3) is 0.870. The van der Waals surface area contributed by atoms with Gasteiger partial charge in [0.2, 0.25) is 0 Å². The van der Waals surface area contributed by atoms with Gasteiger partial charge in [0.1, 0.15) is 12.2 Å². The van der Waals surface area contributed by atoms with Crippen LogP contribution in [-0.2, 0) is 13.0 Å². The molecule has 184 valence electrons. The highest BCUT2D eigenvalue weighted by Crippen LogP contribution is 2.17. The highest BCUT2D eigenvalue weighted by molar-refractivity contribution is 14.0. The van der Waals surface area contributed by atoms with E-state index < -0.39 is 0 Å². The van der Waals surface area contributed by atoms with Gasteiger partial charge in [0.25, 0.3) is 0 Å². The standard InChI is InChI=1S/C23H44N8.HI/c1-4-22-28-27-19-31(22)17-12-25-23(26-18-21-8-6-14-30(21)5-2)24-11-7-13-29-15-9-20(3)10-16-29;/h19-21H,4-18H2,1-3H3,(H2,24,25,26);1H. The van der Waals surface area contributed by atoms with Gasteiger partial charge in [-0.25, -0.2) is 0 Å². The molecule has 1 unspecified atom stereocenters. The molecule has 0 spiro atoms. The molecule has 32 heavy (non-hydrogen) atoms. The first-order chi connectivity index (χ1) is 15.2. The SMILES string of the molecule is CCc1nncn1CCNC(=NCC1CCCN1CC)NCCCN1CCC(C)CC1.I. The minimum Gasteiger partial charge on any atom is -0.356 e. The molecule has 0 radical (unpaired) electrons. The Bertz CT molecular complexity index is 656. The zero-order chi connectivity index (χ0) is 21.9. The average molecular weight is 561 g/mol. The number of rotatable bonds is 11. The third-order valence-corrected chi connectivity index (χ3v) is 6.84. The number of nitrogens with zero attached hydrogens (tertiary/aromatic N) is 6. The van der Waals surface area contributed by atoms with E-state index in [1.165, 1.54) is 51.9 Å². The van der Waals surface area contributed by atoms with E-state index in [2.05, 4.69) is 56.0 Å². The van der Waals surface area contributed by atoms with Gasteiger partial charge in [-0.3, -0.25) is 9.89 Å². The van der Waals surface area contributed by atoms with E-state index in [9.17, 15) is 0 Å². The van der Waals surface area contributed by atoms with Crippen LogP contribution < -0.4 is 10.6 Å². The van der Waals surface area contributed by atoms with Crippen molar-refractivity contribution in [3.63, 3.8) is 0 Å². The van der Waals surface area contributed by atoms with Crippen molar-refractivity contribution < 1.29 is 0 Å². The first-order valence-corrected chi connectivity index (χ1v) is 12.5. The summed E-state index contributed by atoms with van der Waals surface area (Å²) in [5.74, 6) is 2.88. The topological polar surface area (TPSA) is 73.6 Å². The van der Waals surface area contributed by atoms with Gasteiger partial charge in [-0.1, -0.05) is 20.8 Å². The van der Waals surface area contributed by atoms with Crippen LogP contribution in [0.5, 0.6) is 0 Å². The Balaban J connectivity index is 0.00000363. The zero-order valence-electron chi connectivity index (χ0n) is 20.4. The van der Waals surface area contributed by atoms with Crippen LogP contribution in [0.15, 0.2) is 11.3 Å². The number of halogens is 1.